The van der Waals surface area contributed by atoms with Gasteiger partial charge < -0.3 is 10.6 Å². The van der Waals surface area contributed by atoms with Gasteiger partial charge in [0.05, 0.1) is 0 Å². The molecule has 2 N–H and O–H groups in total. The van der Waals surface area contributed by atoms with Gasteiger partial charge in [0.15, 0.2) is 5.11 Å². The summed E-state index contributed by atoms with van der Waals surface area (Å²) in [6.07, 6.45) is 6.04. The average molecular weight is 389 g/mol. The van der Waals surface area contributed by atoms with E-state index >= 15 is 0 Å². The van der Waals surface area contributed by atoms with Gasteiger partial charge in [-0.25, -0.2) is 9.97 Å². The number of rotatable bonds is 4. The lowest BCUT2D eigenvalue weighted by molar-refractivity contribution is 0.292. The summed E-state index contributed by atoms with van der Waals surface area (Å²) in [7, 11) is 0. The number of hydrogen-bond donors (Lipinski definition) is 2. The quantitative estimate of drug-likeness (QED) is 0.727. The average Bonchev–Trinajstić information content (AvgIpc) is 2.60. The van der Waals surface area contributed by atoms with Gasteiger partial charge in [0.1, 0.15) is 0 Å². The standard InChI is InChI=1S/C20H25ClN4S/c1-14-11-15(2)24-18(23-14)25-19(26)22-13-20(9-4-3-5-10-20)16-7-6-8-17(21)12-16/h6-8,11-12H,3-5,9-10,13H2,1-2H3,(H2,22,23,24,25,26). The van der Waals surface area contributed by atoms with Crippen LogP contribution >= 0.6 is 23.8 Å². The van der Waals surface area contributed by atoms with E-state index in [4.69, 9.17) is 23.8 Å². The highest BCUT2D eigenvalue weighted by molar-refractivity contribution is 7.80. The van der Waals surface area contributed by atoms with Crippen molar-refractivity contribution in [2.75, 3.05) is 11.9 Å². The molecule has 26 heavy (non-hydrogen) atoms. The molecule has 1 heterocycles. The monoisotopic (exact) mass is 388 g/mol. The molecule has 0 aliphatic heterocycles. The van der Waals surface area contributed by atoms with Gasteiger partial charge in [-0.1, -0.05) is 43.0 Å². The van der Waals surface area contributed by atoms with Crippen LogP contribution in [0.25, 0.3) is 0 Å². The van der Waals surface area contributed by atoms with Gasteiger partial charge in [0, 0.05) is 28.4 Å². The van der Waals surface area contributed by atoms with E-state index in [2.05, 4.69) is 32.7 Å². The van der Waals surface area contributed by atoms with Crippen molar-refractivity contribution in [3.8, 4) is 0 Å². The maximum atomic E-state index is 6.25. The number of anilines is 1. The minimum absolute atomic E-state index is 0.0677. The van der Waals surface area contributed by atoms with Crippen LogP contribution in [0.3, 0.4) is 0 Å². The molecule has 1 aliphatic rings. The van der Waals surface area contributed by atoms with E-state index in [1.165, 1.54) is 24.8 Å². The Labute approximate surface area is 165 Å². The summed E-state index contributed by atoms with van der Waals surface area (Å²) >= 11 is 11.7. The smallest absolute Gasteiger partial charge is 0.229 e. The van der Waals surface area contributed by atoms with Crippen molar-refractivity contribution >= 4 is 34.9 Å². The molecule has 1 aliphatic carbocycles. The van der Waals surface area contributed by atoms with Crippen molar-refractivity contribution in [2.24, 2.45) is 0 Å². The van der Waals surface area contributed by atoms with Crippen molar-refractivity contribution in [3.05, 3.63) is 52.3 Å². The molecule has 138 valence electrons. The third-order valence-corrected chi connectivity index (χ3v) is 5.52. The van der Waals surface area contributed by atoms with Crippen LogP contribution in [0.5, 0.6) is 0 Å². The highest BCUT2D eigenvalue weighted by atomic mass is 35.5. The minimum Gasteiger partial charge on any atom is -0.361 e. The van der Waals surface area contributed by atoms with Crippen LogP contribution in [0.15, 0.2) is 30.3 Å². The van der Waals surface area contributed by atoms with Crippen LogP contribution in [0.1, 0.15) is 49.1 Å². The summed E-state index contributed by atoms with van der Waals surface area (Å²) in [5, 5.41) is 7.86. The third kappa shape index (κ3) is 4.71. The van der Waals surface area contributed by atoms with Crippen LogP contribution in [0, 0.1) is 13.8 Å². The summed E-state index contributed by atoms with van der Waals surface area (Å²) in [5.41, 5.74) is 3.21. The largest absolute Gasteiger partial charge is 0.361 e. The van der Waals surface area contributed by atoms with Crippen LogP contribution in [-0.2, 0) is 5.41 Å². The van der Waals surface area contributed by atoms with Crippen molar-refractivity contribution in [2.45, 2.75) is 51.4 Å². The number of nitrogens with zero attached hydrogens (tertiary/aromatic N) is 2. The zero-order valence-corrected chi connectivity index (χ0v) is 16.9. The lowest BCUT2D eigenvalue weighted by Gasteiger charge is -2.38. The molecular formula is C20H25ClN4S. The molecule has 0 amide bonds. The molecule has 4 nitrogen and oxygen atoms in total. The zero-order valence-electron chi connectivity index (χ0n) is 15.3. The van der Waals surface area contributed by atoms with Crippen LogP contribution in [-0.4, -0.2) is 21.6 Å². The first-order valence-electron chi connectivity index (χ1n) is 9.10. The first kappa shape index (κ1) is 19.1. The van der Waals surface area contributed by atoms with Gasteiger partial charge >= 0.3 is 0 Å². The number of hydrogen-bond acceptors (Lipinski definition) is 3. The first-order chi connectivity index (χ1) is 12.5. The van der Waals surface area contributed by atoms with E-state index in [9.17, 15) is 0 Å². The summed E-state index contributed by atoms with van der Waals surface area (Å²) < 4.78 is 0. The van der Waals surface area contributed by atoms with Gasteiger partial charge in [-0.05, 0) is 62.7 Å². The Kier molecular flexibility index (Phi) is 6.09. The van der Waals surface area contributed by atoms with Crippen molar-refractivity contribution < 1.29 is 0 Å². The van der Waals surface area contributed by atoms with E-state index in [0.29, 0.717) is 11.1 Å². The Hall–Kier alpha value is -1.72. The maximum absolute atomic E-state index is 6.25. The number of benzene rings is 1. The van der Waals surface area contributed by atoms with Gasteiger partial charge in [0.25, 0.3) is 0 Å². The molecule has 0 unspecified atom stereocenters. The lowest BCUT2D eigenvalue weighted by atomic mass is 9.69. The summed E-state index contributed by atoms with van der Waals surface area (Å²) in [6, 6.07) is 10.2. The summed E-state index contributed by atoms with van der Waals surface area (Å²) in [4.78, 5) is 8.78. The Balaban J connectivity index is 1.70. The van der Waals surface area contributed by atoms with Crippen LogP contribution in [0.4, 0.5) is 5.95 Å². The molecule has 3 rings (SSSR count). The molecular weight excluding hydrogens is 364 g/mol. The van der Waals surface area contributed by atoms with Crippen LogP contribution < -0.4 is 10.6 Å². The molecule has 0 bridgehead atoms. The Morgan fingerprint density at radius 3 is 2.46 bits per heavy atom. The highest BCUT2D eigenvalue weighted by Crippen LogP contribution is 2.39. The number of aryl methyl sites for hydroxylation is 2. The van der Waals surface area contributed by atoms with Gasteiger partial charge in [-0.2, -0.15) is 0 Å². The van der Waals surface area contributed by atoms with E-state index in [0.717, 1.165) is 35.8 Å². The minimum atomic E-state index is 0.0677. The molecule has 0 saturated heterocycles. The summed E-state index contributed by atoms with van der Waals surface area (Å²) in [6.45, 7) is 4.68. The first-order valence-corrected chi connectivity index (χ1v) is 9.89. The SMILES string of the molecule is Cc1cc(C)nc(NC(=S)NCC2(c3cccc(Cl)c3)CCCCC2)n1. The fourth-order valence-corrected chi connectivity index (χ4v) is 4.15. The predicted molar refractivity (Wildman–Crippen MR) is 112 cm³/mol. The Morgan fingerprint density at radius 1 is 1.12 bits per heavy atom. The van der Waals surface area contributed by atoms with E-state index in [1.807, 2.05) is 32.0 Å². The zero-order chi connectivity index (χ0) is 18.6. The normalized spacial score (nSPS) is 16.1. The molecule has 1 fully saturated rings. The second-order valence-electron chi connectivity index (χ2n) is 7.13. The van der Waals surface area contributed by atoms with Crippen molar-refractivity contribution in [1.82, 2.24) is 15.3 Å². The molecule has 1 aromatic carbocycles. The fourth-order valence-electron chi connectivity index (χ4n) is 3.79. The molecule has 0 atom stereocenters. The Bertz CT molecular complexity index is 767. The van der Waals surface area contributed by atoms with Gasteiger partial charge in [0.2, 0.25) is 5.95 Å². The number of nitrogens with one attached hydrogen (secondary N) is 2. The van der Waals surface area contributed by atoms with E-state index in [1.54, 1.807) is 0 Å². The topological polar surface area (TPSA) is 49.8 Å². The second kappa shape index (κ2) is 8.31. The van der Waals surface area contributed by atoms with Crippen molar-refractivity contribution in [1.29, 1.82) is 0 Å². The second-order valence-corrected chi connectivity index (χ2v) is 7.98. The molecule has 0 radical (unpaired) electrons. The van der Waals surface area contributed by atoms with Crippen LogP contribution in [0.2, 0.25) is 5.02 Å². The fraction of sp³-hybridized carbons (Fsp3) is 0.450. The molecule has 1 saturated carbocycles. The number of halogens is 1. The molecule has 1 aromatic heterocycles. The maximum Gasteiger partial charge on any atom is 0.229 e. The van der Waals surface area contributed by atoms with Crippen molar-refractivity contribution in [3.63, 3.8) is 0 Å². The molecule has 0 spiro atoms. The molecule has 6 heteroatoms. The Morgan fingerprint density at radius 2 is 1.81 bits per heavy atom. The van der Waals surface area contributed by atoms with E-state index < -0.39 is 0 Å². The summed E-state index contributed by atoms with van der Waals surface area (Å²) in [5.74, 6) is 0.542. The van der Waals surface area contributed by atoms with E-state index in [-0.39, 0.29) is 5.41 Å². The van der Waals surface area contributed by atoms with Gasteiger partial charge in [-0.3, -0.25) is 0 Å². The lowest BCUT2D eigenvalue weighted by Crippen LogP contribution is -2.43. The third-order valence-electron chi connectivity index (χ3n) is 5.04. The highest BCUT2D eigenvalue weighted by Gasteiger charge is 2.34. The molecule has 2 aromatic rings. The van der Waals surface area contributed by atoms with Gasteiger partial charge in [-0.15, -0.1) is 0 Å². The number of aromatic nitrogens is 2. The number of thiocarbonyl (C=S) groups is 1. The predicted octanol–water partition coefficient (Wildman–Crippen LogP) is 4.94.